The van der Waals surface area contributed by atoms with Gasteiger partial charge in [0.2, 0.25) is 0 Å². The van der Waals surface area contributed by atoms with E-state index in [0.29, 0.717) is 11.3 Å². The summed E-state index contributed by atoms with van der Waals surface area (Å²) >= 11 is 1.51. The second-order valence-electron chi connectivity index (χ2n) is 14.8. The number of halogens is 2. The molecular formula is C42H46Cl2Zr-2. The summed E-state index contributed by atoms with van der Waals surface area (Å²) < 4.78 is 1.46. The maximum Gasteiger partial charge on any atom is -1.00 e. The van der Waals surface area contributed by atoms with Crippen molar-refractivity contribution >= 4 is 36.9 Å². The van der Waals surface area contributed by atoms with Gasteiger partial charge >= 0.3 is 76.7 Å². The van der Waals surface area contributed by atoms with Crippen LogP contribution in [0.15, 0.2) is 84.5 Å². The van der Waals surface area contributed by atoms with Gasteiger partial charge in [0.05, 0.1) is 0 Å². The molecule has 3 aliphatic carbocycles. The van der Waals surface area contributed by atoms with Gasteiger partial charge in [0, 0.05) is 10.8 Å². The minimum Gasteiger partial charge on any atom is -1.00 e. The van der Waals surface area contributed by atoms with E-state index in [9.17, 15) is 0 Å². The monoisotopic (exact) mass is 710 g/mol. The molecular weight excluding hydrogens is 667 g/mol. The van der Waals surface area contributed by atoms with Crippen molar-refractivity contribution < 1.29 is 49.0 Å². The SMILES string of the molecule is CC1(C)C=Cc2cc3c(cc21)[cH-]c1cc2c(cc13)C=CC2(C)C.CC1[C-]=CC(C(C)(C)C)=C1.C[C](=[Zr+2])c1ccc(C)cc1.[Cl-].[Cl-]. The molecule has 0 bridgehead atoms. The fourth-order valence-electron chi connectivity index (χ4n) is 6.16. The van der Waals surface area contributed by atoms with Crippen LogP contribution in [0.4, 0.5) is 0 Å². The molecule has 0 saturated carbocycles. The van der Waals surface area contributed by atoms with Gasteiger partial charge in [0.25, 0.3) is 0 Å². The van der Waals surface area contributed by atoms with Crippen LogP contribution in [0, 0.1) is 24.3 Å². The molecule has 4 aromatic carbocycles. The first-order valence-electron chi connectivity index (χ1n) is 15.6. The summed E-state index contributed by atoms with van der Waals surface area (Å²) in [4.78, 5) is 0. The van der Waals surface area contributed by atoms with Crippen molar-refractivity contribution in [2.24, 2.45) is 11.3 Å². The Morgan fingerprint density at radius 2 is 1.27 bits per heavy atom. The van der Waals surface area contributed by atoms with Gasteiger partial charge in [0.15, 0.2) is 0 Å². The predicted molar refractivity (Wildman–Crippen MR) is 187 cm³/mol. The Kier molecular flexibility index (Phi) is 11.5. The maximum atomic E-state index is 3.26. The van der Waals surface area contributed by atoms with Crippen LogP contribution < -0.4 is 24.8 Å². The minimum atomic E-state index is 0. The first-order valence-corrected chi connectivity index (χ1v) is 16.8. The largest absolute Gasteiger partial charge is 1.00 e. The molecule has 4 aromatic rings. The number of fused-ring (bicyclic) bond motifs is 5. The molecule has 7 rings (SSSR count). The van der Waals surface area contributed by atoms with Gasteiger partial charge in [-0.05, 0) is 11.1 Å². The van der Waals surface area contributed by atoms with Crippen LogP contribution in [-0.4, -0.2) is 3.21 Å². The van der Waals surface area contributed by atoms with Crippen LogP contribution in [0.25, 0.3) is 33.7 Å². The standard InChI is InChI=1S/C23H21.C10H15.C9H10.2ClH.Zr/c1-22(2)7-5-14-10-18-16(12-20(14)22)9-17-13-21-15(11-19(17)18)6-8-23(21,3)4;1-8-5-6-9(7-8)10(2,3)4;1-3-9-6-4-8(2)5-7-9;;;/h5-13H,1-4H3;6-8H,1-4H3;4-7H,1-2H3;2*1H;/q2*-1;;;;+2/p-2. The van der Waals surface area contributed by atoms with E-state index in [-0.39, 0.29) is 35.6 Å². The van der Waals surface area contributed by atoms with Crippen LogP contribution in [0.3, 0.4) is 0 Å². The first kappa shape index (κ1) is 37.3. The van der Waals surface area contributed by atoms with Gasteiger partial charge < -0.3 is 24.8 Å². The van der Waals surface area contributed by atoms with E-state index >= 15 is 0 Å². The first-order chi connectivity index (χ1) is 20.0. The summed E-state index contributed by atoms with van der Waals surface area (Å²) in [6, 6.07) is 20.6. The molecule has 234 valence electrons. The Hall–Kier alpha value is -2.18. The molecule has 1 atom stereocenters. The fourth-order valence-corrected chi connectivity index (χ4v) is 6.57. The summed E-state index contributed by atoms with van der Waals surface area (Å²) in [6.07, 6.45) is 16.9. The van der Waals surface area contributed by atoms with Crippen LogP contribution in [0.5, 0.6) is 0 Å². The van der Waals surface area contributed by atoms with Crippen LogP contribution in [-0.2, 0) is 35.1 Å². The third-order valence-electron chi connectivity index (χ3n) is 9.07. The van der Waals surface area contributed by atoms with Crippen LogP contribution in [0.2, 0.25) is 0 Å². The number of hydrogen-bond donors (Lipinski definition) is 0. The molecule has 0 spiro atoms. The maximum absolute atomic E-state index is 3.26. The predicted octanol–water partition coefficient (Wildman–Crippen LogP) is 5.38. The number of benzene rings is 3. The van der Waals surface area contributed by atoms with Crippen molar-refractivity contribution in [3.63, 3.8) is 0 Å². The molecule has 0 radical (unpaired) electrons. The van der Waals surface area contributed by atoms with Gasteiger partial charge in [-0.3, -0.25) is 6.08 Å². The van der Waals surface area contributed by atoms with Crippen LogP contribution in [0.1, 0.15) is 95.7 Å². The number of hydrogen-bond acceptors (Lipinski definition) is 0. The molecule has 0 N–H and O–H groups in total. The third-order valence-corrected chi connectivity index (χ3v) is 9.78. The molecule has 0 aromatic heterocycles. The molecule has 1 unspecified atom stereocenters. The van der Waals surface area contributed by atoms with E-state index in [4.69, 9.17) is 0 Å². The van der Waals surface area contributed by atoms with Crippen molar-refractivity contribution in [1.82, 2.24) is 0 Å². The summed E-state index contributed by atoms with van der Waals surface area (Å²) in [6.45, 7) is 22.3. The van der Waals surface area contributed by atoms with Crippen molar-refractivity contribution in [1.29, 1.82) is 0 Å². The fraction of sp³-hybridized carbons (Fsp3) is 0.333. The Morgan fingerprint density at radius 1 is 0.800 bits per heavy atom. The molecule has 0 amide bonds. The van der Waals surface area contributed by atoms with E-state index in [1.165, 1.54) is 87.9 Å². The molecule has 3 aliphatic rings. The minimum absolute atomic E-state index is 0. The van der Waals surface area contributed by atoms with Crippen molar-refractivity contribution in [3.05, 3.63) is 124 Å². The summed E-state index contributed by atoms with van der Waals surface area (Å²) in [5, 5.41) is 5.53. The number of allylic oxidation sites excluding steroid dienone is 6. The molecule has 0 heterocycles. The second-order valence-corrected chi connectivity index (χ2v) is 16.6. The van der Waals surface area contributed by atoms with E-state index < -0.39 is 0 Å². The third kappa shape index (κ3) is 8.04. The van der Waals surface area contributed by atoms with E-state index in [2.05, 4.69) is 166 Å². The average Bonchev–Trinajstić information content (AvgIpc) is 3.67. The van der Waals surface area contributed by atoms with Crippen molar-refractivity contribution in [3.8, 4) is 0 Å². The van der Waals surface area contributed by atoms with Gasteiger partial charge in [-0.2, -0.15) is 11.6 Å². The average molecular weight is 713 g/mol. The van der Waals surface area contributed by atoms with Crippen molar-refractivity contribution in [2.75, 3.05) is 0 Å². The van der Waals surface area contributed by atoms with Gasteiger partial charge in [-0.1, -0.05) is 114 Å². The Balaban J connectivity index is 0.000000211. The Bertz CT molecular complexity index is 1750. The van der Waals surface area contributed by atoms with Gasteiger partial charge in [-0.15, -0.1) is 39.7 Å². The molecule has 45 heavy (non-hydrogen) atoms. The van der Waals surface area contributed by atoms with E-state index in [1.54, 1.807) is 0 Å². The zero-order valence-corrected chi connectivity index (χ0v) is 32.5. The summed E-state index contributed by atoms with van der Waals surface area (Å²) in [5.41, 5.74) is 10.4. The Labute approximate surface area is 299 Å². The molecule has 0 nitrogen and oxygen atoms in total. The zero-order chi connectivity index (χ0) is 31.3. The van der Waals surface area contributed by atoms with Gasteiger partial charge in [0.1, 0.15) is 0 Å². The summed E-state index contributed by atoms with van der Waals surface area (Å²) in [5.74, 6) is 0.522. The second kappa shape index (κ2) is 13.9. The molecule has 0 fully saturated rings. The van der Waals surface area contributed by atoms with E-state index in [1.807, 2.05) is 0 Å². The molecule has 0 saturated heterocycles. The molecule has 0 aliphatic heterocycles. The number of rotatable bonds is 1. The van der Waals surface area contributed by atoms with Crippen LogP contribution >= 0.6 is 0 Å². The smallest absolute Gasteiger partial charge is 1.00 e. The van der Waals surface area contributed by atoms with Crippen molar-refractivity contribution in [2.45, 2.75) is 80.1 Å². The Morgan fingerprint density at radius 3 is 1.62 bits per heavy atom. The molecule has 3 heteroatoms. The quantitative estimate of drug-likeness (QED) is 0.233. The van der Waals surface area contributed by atoms with Gasteiger partial charge in [-0.25, -0.2) is 6.08 Å². The zero-order valence-electron chi connectivity index (χ0n) is 28.5. The number of aryl methyl sites for hydroxylation is 1. The topological polar surface area (TPSA) is 0 Å². The summed E-state index contributed by atoms with van der Waals surface area (Å²) in [7, 11) is 0. The van der Waals surface area contributed by atoms with E-state index in [0.717, 1.165) is 0 Å². The normalized spacial score (nSPS) is 17.8.